The number of aromatic nitrogens is 4. The van der Waals surface area contributed by atoms with Crippen molar-refractivity contribution in [1.82, 2.24) is 41.2 Å². The lowest BCUT2D eigenvalue weighted by Crippen LogP contribution is -2.58. The van der Waals surface area contributed by atoms with E-state index in [0.29, 0.717) is 17.8 Å². The van der Waals surface area contributed by atoms with E-state index in [4.69, 9.17) is 0 Å². The van der Waals surface area contributed by atoms with Crippen LogP contribution in [0.2, 0.25) is 0 Å². The minimum atomic E-state index is -1.17. The van der Waals surface area contributed by atoms with Crippen molar-refractivity contribution in [1.29, 1.82) is 0 Å². The van der Waals surface area contributed by atoms with Gasteiger partial charge in [-0.1, -0.05) is 13.8 Å². The summed E-state index contributed by atoms with van der Waals surface area (Å²) in [6, 6.07) is -3.60. The van der Waals surface area contributed by atoms with E-state index in [0.717, 1.165) is 13.0 Å². The summed E-state index contributed by atoms with van der Waals surface area (Å²) in [6.45, 7) is 4.08. The molecule has 0 aliphatic carbocycles. The maximum Gasteiger partial charge on any atom is 0.326 e. The van der Waals surface area contributed by atoms with E-state index < -0.39 is 42.0 Å². The number of amides is 3. The summed E-state index contributed by atoms with van der Waals surface area (Å²) in [5.74, 6) is -3.08. The van der Waals surface area contributed by atoms with Crippen LogP contribution in [-0.4, -0.2) is 79.4 Å². The van der Waals surface area contributed by atoms with Crippen LogP contribution in [0.25, 0.3) is 0 Å². The Morgan fingerprint density at radius 1 is 0.971 bits per heavy atom. The van der Waals surface area contributed by atoms with Crippen LogP contribution in [0.15, 0.2) is 25.0 Å². The monoisotopic (exact) mass is 488 g/mol. The number of nitrogens with one attached hydrogen (secondary N) is 6. The fourth-order valence-electron chi connectivity index (χ4n) is 3.87. The van der Waals surface area contributed by atoms with E-state index in [1.54, 1.807) is 20.0 Å². The zero-order valence-electron chi connectivity index (χ0n) is 19.7. The van der Waals surface area contributed by atoms with E-state index in [2.05, 4.69) is 41.2 Å². The number of carbonyl (C=O) groups excluding carboxylic acids is 3. The Kier molecular flexibility index (Phi) is 8.95. The lowest BCUT2D eigenvalue weighted by atomic mass is 10.0. The van der Waals surface area contributed by atoms with Gasteiger partial charge in [0.25, 0.3) is 0 Å². The predicted molar refractivity (Wildman–Crippen MR) is 124 cm³/mol. The van der Waals surface area contributed by atoms with Gasteiger partial charge in [0.1, 0.15) is 18.1 Å². The molecule has 0 bridgehead atoms. The topological polar surface area (TPSA) is 194 Å². The van der Waals surface area contributed by atoms with Crippen molar-refractivity contribution in [3.8, 4) is 0 Å². The second-order valence-corrected chi connectivity index (χ2v) is 8.90. The van der Waals surface area contributed by atoms with Crippen molar-refractivity contribution >= 4 is 23.7 Å². The highest BCUT2D eigenvalue weighted by atomic mass is 16.4. The van der Waals surface area contributed by atoms with Crippen LogP contribution in [0.3, 0.4) is 0 Å². The molecule has 13 heteroatoms. The van der Waals surface area contributed by atoms with Crippen molar-refractivity contribution in [3.05, 3.63) is 36.4 Å². The predicted octanol–water partition coefficient (Wildman–Crippen LogP) is -1.13. The molecule has 190 valence electrons. The number of aliphatic carboxylic acids is 1. The molecule has 0 spiro atoms. The second-order valence-electron chi connectivity index (χ2n) is 8.90. The van der Waals surface area contributed by atoms with Gasteiger partial charge in [0, 0.05) is 36.6 Å². The van der Waals surface area contributed by atoms with Crippen LogP contribution in [0.5, 0.6) is 0 Å². The Morgan fingerprint density at radius 2 is 1.54 bits per heavy atom. The van der Waals surface area contributed by atoms with Crippen molar-refractivity contribution in [2.75, 3.05) is 6.54 Å². The zero-order valence-corrected chi connectivity index (χ0v) is 19.7. The van der Waals surface area contributed by atoms with Gasteiger partial charge in [-0.3, -0.25) is 14.4 Å². The molecule has 1 aliphatic rings. The number of nitrogens with zero attached hydrogens (tertiary/aromatic N) is 2. The number of H-pyrrole nitrogens is 2. The Balaban J connectivity index is 1.77. The molecule has 1 aliphatic heterocycles. The van der Waals surface area contributed by atoms with Gasteiger partial charge in [0.15, 0.2) is 0 Å². The van der Waals surface area contributed by atoms with Crippen LogP contribution < -0.4 is 21.3 Å². The largest absolute Gasteiger partial charge is 0.480 e. The summed E-state index contributed by atoms with van der Waals surface area (Å²) < 4.78 is 0. The summed E-state index contributed by atoms with van der Waals surface area (Å²) in [4.78, 5) is 64.4. The standard InChI is InChI=1S/C22H32N8O5/c1-12(2)18(22(34)35)30-21(33)17(7-14-9-24-11-27-14)29-20(32)16(6-13-8-23-10-26-13)28-19(31)15-4-3-5-25-15/h8-12,15-18,25H,3-7H2,1-2H3,(H,23,26)(H,24,27)(H,28,31)(H,29,32)(H,30,33)(H,34,35). The summed E-state index contributed by atoms with van der Waals surface area (Å²) in [7, 11) is 0. The first-order valence-electron chi connectivity index (χ1n) is 11.6. The van der Waals surface area contributed by atoms with Crippen LogP contribution >= 0.6 is 0 Å². The molecular formula is C22H32N8O5. The third kappa shape index (κ3) is 7.37. The van der Waals surface area contributed by atoms with Crippen LogP contribution in [0.4, 0.5) is 0 Å². The summed E-state index contributed by atoms with van der Waals surface area (Å²) in [5, 5.41) is 20.5. The van der Waals surface area contributed by atoms with Crippen LogP contribution in [0.1, 0.15) is 38.1 Å². The summed E-state index contributed by atoms with van der Waals surface area (Å²) in [6.07, 6.45) is 7.69. The average molecular weight is 489 g/mol. The molecule has 13 nitrogen and oxygen atoms in total. The SMILES string of the molecule is CC(C)C(NC(=O)C(Cc1cnc[nH]1)NC(=O)C(Cc1cnc[nH]1)NC(=O)C1CCCN1)C(=O)O. The molecule has 0 radical (unpaired) electrons. The molecule has 3 rings (SSSR count). The minimum Gasteiger partial charge on any atom is -0.480 e. The molecular weight excluding hydrogens is 456 g/mol. The first kappa shape index (κ1) is 25.9. The molecule has 4 atom stereocenters. The molecule has 0 aromatic carbocycles. The van der Waals surface area contributed by atoms with Gasteiger partial charge in [0.2, 0.25) is 17.7 Å². The van der Waals surface area contributed by atoms with Crippen LogP contribution in [-0.2, 0) is 32.0 Å². The Labute approximate surface area is 202 Å². The van der Waals surface area contributed by atoms with Crippen LogP contribution in [0, 0.1) is 5.92 Å². The first-order valence-corrected chi connectivity index (χ1v) is 11.6. The number of carboxylic acids is 1. The quantitative estimate of drug-likeness (QED) is 0.195. The van der Waals surface area contributed by atoms with E-state index in [1.165, 1.54) is 18.9 Å². The highest BCUT2D eigenvalue weighted by Crippen LogP contribution is 2.09. The molecule has 7 N–H and O–H groups in total. The highest BCUT2D eigenvalue weighted by molar-refractivity contribution is 5.94. The number of imidazole rings is 2. The molecule has 2 aromatic rings. The fourth-order valence-corrected chi connectivity index (χ4v) is 3.87. The number of carboxylic acid groups (broad SMARTS) is 1. The van der Waals surface area contributed by atoms with Gasteiger partial charge in [0.05, 0.1) is 18.7 Å². The molecule has 2 aromatic heterocycles. The third-order valence-corrected chi connectivity index (χ3v) is 5.83. The van der Waals surface area contributed by atoms with Crippen molar-refractivity contribution in [3.63, 3.8) is 0 Å². The third-order valence-electron chi connectivity index (χ3n) is 5.83. The van der Waals surface area contributed by atoms with Crippen molar-refractivity contribution in [2.24, 2.45) is 5.92 Å². The minimum absolute atomic E-state index is 0.0525. The smallest absolute Gasteiger partial charge is 0.326 e. The van der Waals surface area contributed by atoms with Gasteiger partial charge in [-0.2, -0.15) is 0 Å². The average Bonchev–Trinajstić information content (AvgIpc) is 3.59. The Hall–Kier alpha value is -3.74. The van der Waals surface area contributed by atoms with E-state index in [1.807, 2.05) is 0 Å². The number of carbonyl (C=O) groups is 4. The van der Waals surface area contributed by atoms with Crippen molar-refractivity contribution < 1.29 is 24.3 Å². The van der Waals surface area contributed by atoms with Gasteiger partial charge >= 0.3 is 5.97 Å². The maximum atomic E-state index is 13.3. The molecule has 3 heterocycles. The molecule has 35 heavy (non-hydrogen) atoms. The lowest BCUT2D eigenvalue weighted by molar-refractivity contribution is -0.143. The fraction of sp³-hybridized carbons (Fsp3) is 0.545. The molecule has 1 saturated heterocycles. The number of hydrogen-bond acceptors (Lipinski definition) is 7. The highest BCUT2D eigenvalue weighted by Gasteiger charge is 2.32. The first-order chi connectivity index (χ1) is 16.7. The zero-order chi connectivity index (χ0) is 25.4. The van der Waals surface area contributed by atoms with Gasteiger partial charge < -0.3 is 36.3 Å². The number of rotatable bonds is 12. The van der Waals surface area contributed by atoms with E-state index in [9.17, 15) is 24.3 Å². The summed E-state index contributed by atoms with van der Waals surface area (Å²) >= 11 is 0. The molecule has 1 fully saturated rings. The van der Waals surface area contributed by atoms with E-state index in [-0.39, 0.29) is 24.7 Å². The number of hydrogen-bond donors (Lipinski definition) is 7. The van der Waals surface area contributed by atoms with E-state index >= 15 is 0 Å². The Bertz CT molecular complexity index is 986. The Morgan fingerprint density at radius 3 is 2.00 bits per heavy atom. The number of aromatic amines is 2. The van der Waals surface area contributed by atoms with Crippen molar-refractivity contribution in [2.45, 2.75) is 63.7 Å². The van der Waals surface area contributed by atoms with Gasteiger partial charge in [-0.25, -0.2) is 14.8 Å². The molecule has 0 saturated carbocycles. The molecule has 4 unspecified atom stereocenters. The second kappa shape index (κ2) is 12.1. The maximum absolute atomic E-state index is 13.3. The summed E-state index contributed by atoms with van der Waals surface area (Å²) in [5.41, 5.74) is 1.20. The molecule has 3 amide bonds. The lowest BCUT2D eigenvalue weighted by Gasteiger charge is -2.25. The normalized spacial score (nSPS) is 18.0. The van der Waals surface area contributed by atoms with Gasteiger partial charge in [-0.15, -0.1) is 0 Å². The van der Waals surface area contributed by atoms with Gasteiger partial charge in [-0.05, 0) is 25.3 Å².